The van der Waals surface area contributed by atoms with Crippen molar-refractivity contribution in [1.29, 1.82) is 0 Å². The fourth-order valence-corrected chi connectivity index (χ4v) is 3.77. The van der Waals surface area contributed by atoms with Crippen LogP contribution in [0.3, 0.4) is 0 Å². The lowest BCUT2D eigenvalue weighted by Crippen LogP contribution is -2.36. The molecule has 2 aromatic carbocycles. The molecule has 0 saturated carbocycles. The molecule has 0 saturated heterocycles. The molecule has 1 aromatic heterocycles. The monoisotopic (exact) mass is 419 g/mol. The second-order valence-electron chi connectivity index (χ2n) is 7.45. The molecule has 0 spiro atoms. The van der Waals surface area contributed by atoms with Crippen LogP contribution < -0.4 is 4.74 Å². The van der Waals surface area contributed by atoms with Crippen molar-refractivity contribution < 1.29 is 19.1 Å². The van der Waals surface area contributed by atoms with Crippen molar-refractivity contribution in [3.05, 3.63) is 76.6 Å². The van der Waals surface area contributed by atoms with Gasteiger partial charge in [-0.2, -0.15) is 5.10 Å². The lowest BCUT2D eigenvalue weighted by molar-refractivity contribution is 0.0513. The van der Waals surface area contributed by atoms with E-state index in [4.69, 9.17) is 9.47 Å². The summed E-state index contributed by atoms with van der Waals surface area (Å²) in [5.41, 5.74) is 4.55. The molecule has 0 N–H and O–H groups in total. The van der Waals surface area contributed by atoms with Gasteiger partial charge in [-0.1, -0.05) is 17.7 Å². The summed E-state index contributed by atoms with van der Waals surface area (Å²) in [6, 6.07) is 15.0. The molecule has 31 heavy (non-hydrogen) atoms. The van der Waals surface area contributed by atoms with Crippen LogP contribution in [0.2, 0.25) is 0 Å². The molecule has 1 amide bonds. The number of amides is 1. The molecule has 1 aliphatic heterocycles. The molecule has 0 bridgehead atoms. The van der Waals surface area contributed by atoms with Gasteiger partial charge in [0.1, 0.15) is 5.75 Å². The molecule has 1 aliphatic rings. The van der Waals surface area contributed by atoms with Crippen molar-refractivity contribution in [2.24, 2.45) is 0 Å². The van der Waals surface area contributed by atoms with Crippen molar-refractivity contribution in [1.82, 2.24) is 14.7 Å². The van der Waals surface area contributed by atoms with Crippen LogP contribution in [0.1, 0.15) is 44.6 Å². The van der Waals surface area contributed by atoms with Crippen LogP contribution in [0.5, 0.6) is 5.75 Å². The third kappa shape index (κ3) is 4.03. The summed E-state index contributed by atoms with van der Waals surface area (Å²) in [6.07, 6.45) is 0.595. The zero-order chi connectivity index (χ0) is 22.0. The third-order valence-electron chi connectivity index (χ3n) is 5.43. The van der Waals surface area contributed by atoms with Crippen molar-refractivity contribution in [3.63, 3.8) is 0 Å². The van der Waals surface area contributed by atoms with Crippen LogP contribution in [0.4, 0.5) is 0 Å². The molecule has 0 radical (unpaired) electrons. The Morgan fingerprint density at radius 1 is 1.06 bits per heavy atom. The van der Waals surface area contributed by atoms with Gasteiger partial charge in [0, 0.05) is 24.1 Å². The van der Waals surface area contributed by atoms with E-state index in [1.807, 2.05) is 31.2 Å². The largest absolute Gasteiger partial charge is 0.497 e. The molecular weight excluding hydrogens is 394 g/mol. The summed E-state index contributed by atoms with van der Waals surface area (Å²) in [5.74, 6) is 0.135. The fraction of sp³-hybridized carbons (Fsp3) is 0.292. The van der Waals surface area contributed by atoms with E-state index in [0.29, 0.717) is 30.8 Å². The number of ether oxygens (including phenoxy) is 2. The minimum Gasteiger partial charge on any atom is -0.497 e. The highest BCUT2D eigenvalue weighted by Crippen LogP contribution is 2.27. The van der Waals surface area contributed by atoms with Crippen molar-refractivity contribution in [3.8, 4) is 11.4 Å². The van der Waals surface area contributed by atoms with E-state index < -0.39 is 5.97 Å². The summed E-state index contributed by atoms with van der Waals surface area (Å²) in [7, 11) is 1.59. The van der Waals surface area contributed by atoms with E-state index >= 15 is 0 Å². The molecule has 7 heteroatoms. The molecule has 0 atom stereocenters. The number of rotatable bonds is 5. The molecule has 4 rings (SSSR count). The first-order valence-corrected chi connectivity index (χ1v) is 10.3. The first-order chi connectivity index (χ1) is 15.0. The van der Waals surface area contributed by atoms with Crippen LogP contribution in [-0.2, 0) is 17.7 Å². The van der Waals surface area contributed by atoms with Gasteiger partial charge in [-0.05, 0) is 50.2 Å². The molecule has 7 nitrogen and oxygen atoms in total. The van der Waals surface area contributed by atoms with Gasteiger partial charge < -0.3 is 14.4 Å². The number of aromatic nitrogens is 2. The minimum absolute atomic E-state index is 0.0915. The lowest BCUT2D eigenvalue weighted by Gasteiger charge is -2.28. The van der Waals surface area contributed by atoms with Crippen molar-refractivity contribution in [2.45, 2.75) is 26.8 Å². The summed E-state index contributed by atoms with van der Waals surface area (Å²) >= 11 is 0. The smallest absolute Gasteiger partial charge is 0.359 e. The van der Waals surface area contributed by atoms with Crippen LogP contribution >= 0.6 is 0 Å². The molecular formula is C24H25N3O4. The Labute approximate surface area is 181 Å². The molecule has 160 valence electrons. The summed E-state index contributed by atoms with van der Waals surface area (Å²) < 4.78 is 12.2. The van der Waals surface area contributed by atoms with Crippen LogP contribution in [-0.4, -0.2) is 46.8 Å². The van der Waals surface area contributed by atoms with Crippen molar-refractivity contribution >= 4 is 11.9 Å². The number of esters is 1. The second-order valence-corrected chi connectivity index (χ2v) is 7.45. The Morgan fingerprint density at radius 3 is 2.42 bits per heavy atom. The zero-order valence-electron chi connectivity index (χ0n) is 17.9. The first kappa shape index (κ1) is 20.7. The highest BCUT2D eigenvalue weighted by atomic mass is 16.5. The quantitative estimate of drug-likeness (QED) is 0.591. The van der Waals surface area contributed by atoms with Crippen LogP contribution in [0.25, 0.3) is 5.69 Å². The Hall–Kier alpha value is -3.61. The number of methoxy groups -OCH3 is 1. The van der Waals surface area contributed by atoms with Crippen LogP contribution in [0.15, 0.2) is 48.5 Å². The maximum absolute atomic E-state index is 13.1. The average molecular weight is 419 g/mol. The SMILES string of the molecule is CCOC(=O)c1nn(-c2ccc(C)cc2)c2c1CN(C(=O)c1ccc(OC)cc1)CC2. The number of aryl methyl sites for hydroxylation is 1. The summed E-state index contributed by atoms with van der Waals surface area (Å²) in [4.78, 5) is 27.4. The van der Waals surface area contributed by atoms with Gasteiger partial charge >= 0.3 is 5.97 Å². The number of fused-ring (bicyclic) bond motifs is 1. The zero-order valence-corrected chi connectivity index (χ0v) is 17.9. The Balaban J connectivity index is 1.68. The summed E-state index contributed by atoms with van der Waals surface area (Å²) in [5, 5.41) is 4.59. The van der Waals surface area contributed by atoms with Gasteiger partial charge in [-0.3, -0.25) is 4.79 Å². The standard InChI is InChI=1S/C24H25N3O4/c1-4-31-24(29)22-20-15-26(23(28)17-7-11-19(30-3)12-8-17)14-13-21(20)27(25-22)18-9-5-16(2)6-10-18/h5-12H,4,13-15H2,1-3H3. The fourth-order valence-electron chi connectivity index (χ4n) is 3.77. The minimum atomic E-state index is -0.469. The summed E-state index contributed by atoms with van der Waals surface area (Å²) in [6.45, 7) is 4.90. The predicted molar refractivity (Wildman–Crippen MR) is 116 cm³/mol. The van der Waals surface area contributed by atoms with Gasteiger partial charge in [0.05, 0.1) is 31.6 Å². The number of hydrogen-bond acceptors (Lipinski definition) is 5. The molecule has 3 aromatic rings. The topological polar surface area (TPSA) is 73.7 Å². The van der Waals surface area contributed by atoms with Gasteiger partial charge in [-0.15, -0.1) is 0 Å². The molecule has 2 heterocycles. The maximum atomic E-state index is 13.1. The number of hydrogen-bond donors (Lipinski definition) is 0. The van der Waals surface area contributed by atoms with E-state index in [-0.39, 0.29) is 18.2 Å². The van der Waals surface area contributed by atoms with E-state index in [0.717, 1.165) is 22.5 Å². The molecule has 0 fully saturated rings. The number of carbonyl (C=O) groups is 2. The number of benzene rings is 2. The van der Waals surface area contributed by atoms with Crippen molar-refractivity contribution in [2.75, 3.05) is 20.3 Å². The Morgan fingerprint density at radius 2 is 1.77 bits per heavy atom. The Bertz CT molecular complexity index is 1100. The highest BCUT2D eigenvalue weighted by molar-refractivity contribution is 5.95. The van der Waals surface area contributed by atoms with E-state index in [2.05, 4.69) is 5.10 Å². The van der Waals surface area contributed by atoms with E-state index in [1.54, 1.807) is 47.9 Å². The third-order valence-corrected chi connectivity index (χ3v) is 5.43. The molecule has 0 unspecified atom stereocenters. The average Bonchev–Trinajstić information content (AvgIpc) is 3.18. The van der Waals surface area contributed by atoms with Gasteiger partial charge in [-0.25, -0.2) is 9.48 Å². The number of carbonyl (C=O) groups excluding carboxylic acids is 2. The van der Waals surface area contributed by atoms with E-state index in [1.165, 1.54) is 0 Å². The predicted octanol–water partition coefficient (Wildman–Crippen LogP) is 3.56. The van der Waals surface area contributed by atoms with Gasteiger partial charge in [0.2, 0.25) is 0 Å². The van der Waals surface area contributed by atoms with E-state index in [9.17, 15) is 9.59 Å². The Kier molecular flexibility index (Phi) is 5.75. The highest BCUT2D eigenvalue weighted by Gasteiger charge is 2.31. The molecule has 0 aliphatic carbocycles. The normalized spacial score (nSPS) is 12.9. The van der Waals surface area contributed by atoms with Crippen LogP contribution in [0, 0.1) is 6.92 Å². The number of nitrogens with zero attached hydrogens (tertiary/aromatic N) is 3. The maximum Gasteiger partial charge on any atom is 0.359 e. The first-order valence-electron chi connectivity index (χ1n) is 10.3. The van der Waals surface area contributed by atoms with Gasteiger partial charge in [0.15, 0.2) is 5.69 Å². The van der Waals surface area contributed by atoms with Gasteiger partial charge in [0.25, 0.3) is 5.91 Å². The lowest BCUT2D eigenvalue weighted by atomic mass is 10.0. The second kappa shape index (κ2) is 8.63.